The average Bonchev–Trinajstić information content (AvgIpc) is 2.29. The number of halogens is 1. The Hall–Kier alpha value is -0.980. The van der Waals surface area contributed by atoms with Crippen molar-refractivity contribution >= 4 is 10.0 Å². The zero-order valence-electron chi connectivity index (χ0n) is 11.7. The van der Waals surface area contributed by atoms with E-state index >= 15 is 0 Å². The molecule has 2 N–H and O–H groups in total. The van der Waals surface area contributed by atoms with Crippen LogP contribution in [0.1, 0.15) is 26.3 Å². The summed E-state index contributed by atoms with van der Waals surface area (Å²) >= 11 is 0. The van der Waals surface area contributed by atoms with Gasteiger partial charge in [0.1, 0.15) is 10.7 Å². The molecule has 0 heterocycles. The topological polar surface area (TPSA) is 58.2 Å². The van der Waals surface area contributed by atoms with Crippen LogP contribution in [0.15, 0.2) is 23.1 Å². The predicted octanol–water partition coefficient (Wildman–Crippen LogP) is 1.87. The lowest BCUT2D eigenvalue weighted by atomic mass is 9.98. The van der Waals surface area contributed by atoms with Crippen molar-refractivity contribution in [2.45, 2.75) is 32.2 Å². The molecule has 4 nitrogen and oxygen atoms in total. The molecule has 19 heavy (non-hydrogen) atoms. The van der Waals surface area contributed by atoms with E-state index in [1.807, 2.05) is 20.8 Å². The van der Waals surface area contributed by atoms with E-state index in [0.29, 0.717) is 6.54 Å². The average molecular weight is 288 g/mol. The summed E-state index contributed by atoms with van der Waals surface area (Å²) in [5.41, 5.74) is 0.520. The molecule has 0 unspecified atom stereocenters. The van der Waals surface area contributed by atoms with Gasteiger partial charge in [0, 0.05) is 13.1 Å². The fourth-order valence-corrected chi connectivity index (χ4v) is 2.87. The zero-order chi connectivity index (χ0) is 14.7. The van der Waals surface area contributed by atoms with Gasteiger partial charge in [0.25, 0.3) is 0 Å². The van der Waals surface area contributed by atoms with Gasteiger partial charge in [-0.15, -0.1) is 0 Å². The molecule has 0 saturated heterocycles. The highest BCUT2D eigenvalue weighted by molar-refractivity contribution is 7.89. The molecule has 0 atom stereocenters. The summed E-state index contributed by atoms with van der Waals surface area (Å²) < 4.78 is 40.3. The Kier molecular flexibility index (Phi) is 5.06. The molecular formula is C13H21FN2O2S. The summed E-state index contributed by atoms with van der Waals surface area (Å²) in [6, 6.07) is 4.10. The Bertz CT molecular complexity index is 536. The Balaban J connectivity index is 3.03. The first-order chi connectivity index (χ1) is 8.65. The molecule has 0 aliphatic carbocycles. The maximum absolute atomic E-state index is 13.7. The molecule has 0 bridgehead atoms. The highest BCUT2D eigenvalue weighted by Gasteiger charge is 2.22. The van der Waals surface area contributed by atoms with Crippen LogP contribution in [0.3, 0.4) is 0 Å². The van der Waals surface area contributed by atoms with E-state index in [0.717, 1.165) is 5.56 Å². The first-order valence-corrected chi connectivity index (χ1v) is 7.57. The second-order valence-electron chi connectivity index (χ2n) is 5.68. The van der Waals surface area contributed by atoms with E-state index in [1.165, 1.54) is 12.1 Å². The van der Waals surface area contributed by atoms with Crippen LogP contribution in [-0.2, 0) is 16.6 Å². The fourth-order valence-electron chi connectivity index (χ4n) is 1.46. The van der Waals surface area contributed by atoms with Crippen LogP contribution in [0.2, 0.25) is 0 Å². The van der Waals surface area contributed by atoms with E-state index in [2.05, 4.69) is 10.0 Å². The molecule has 0 radical (unpaired) electrons. The van der Waals surface area contributed by atoms with Gasteiger partial charge in [-0.1, -0.05) is 26.8 Å². The van der Waals surface area contributed by atoms with Crippen molar-refractivity contribution in [3.05, 3.63) is 29.6 Å². The maximum atomic E-state index is 13.7. The van der Waals surface area contributed by atoms with Gasteiger partial charge in [-0.3, -0.25) is 0 Å². The Morgan fingerprint density at radius 3 is 2.42 bits per heavy atom. The van der Waals surface area contributed by atoms with E-state index in [1.54, 1.807) is 13.1 Å². The maximum Gasteiger partial charge on any atom is 0.243 e. The molecule has 0 aliphatic heterocycles. The highest BCUT2D eigenvalue weighted by Crippen LogP contribution is 2.18. The lowest BCUT2D eigenvalue weighted by molar-refractivity contribution is 0.407. The number of nitrogens with one attached hydrogen (secondary N) is 2. The standard InChI is InChI=1S/C13H21FN2O2S/c1-13(2,3)9-16-19(17,18)12-7-10(8-15-4)5-6-11(12)14/h5-7,15-16H,8-9H2,1-4H3. The van der Waals surface area contributed by atoms with Crippen LogP contribution in [0.5, 0.6) is 0 Å². The normalized spacial score (nSPS) is 12.7. The van der Waals surface area contributed by atoms with Gasteiger partial charge in [-0.25, -0.2) is 17.5 Å². The highest BCUT2D eigenvalue weighted by atomic mass is 32.2. The van der Waals surface area contributed by atoms with E-state index < -0.39 is 15.8 Å². The van der Waals surface area contributed by atoms with Gasteiger partial charge >= 0.3 is 0 Å². The van der Waals surface area contributed by atoms with Crippen molar-refractivity contribution in [1.29, 1.82) is 0 Å². The summed E-state index contributed by atoms with van der Waals surface area (Å²) in [6.45, 7) is 6.46. The minimum absolute atomic E-state index is 0.202. The SMILES string of the molecule is CNCc1ccc(F)c(S(=O)(=O)NCC(C)(C)C)c1. The quantitative estimate of drug-likeness (QED) is 0.869. The molecular weight excluding hydrogens is 267 g/mol. The molecule has 0 aromatic heterocycles. The number of hydrogen-bond acceptors (Lipinski definition) is 3. The number of benzene rings is 1. The first-order valence-electron chi connectivity index (χ1n) is 6.08. The summed E-state index contributed by atoms with van der Waals surface area (Å²) in [6.07, 6.45) is 0. The largest absolute Gasteiger partial charge is 0.316 e. The zero-order valence-corrected chi connectivity index (χ0v) is 12.6. The predicted molar refractivity (Wildman–Crippen MR) is 73.8 cm³/mol. The van der Waals surface area contributed by atoms with Crippen molar-refractivity contribution in [3.8, 4) is 0 Å². The molecule has 1 aromatic carbocycles. The number of sulfonamides is 1. The lowest BCUT2D eigenvalue weighted by Gasteiger charge is -2.19. The van der Waals surface area contributed by atoms with Crippen LogP contribution in [0.4, 0.5) is 4.39 Å². The summed E-state index contributed by atoms with van der Waals surface area (Å²) in [5, 5.41) is 2.90. The van der Waals surface area contributed by atoms with Crippen molar-refractivity contribution in [2.75, 3.05) is 13.6 Å². The summed E-state index contributed by atoms with van der Waals surface area (Å²) in [5.74, 6) is -0.735. The number of hydrogen-bond donors (Lipinski definition) is 2. The molecule has 108 valence electrons. The van der Waals surface area contributed by atoms with Crippen LogP contribution < -0.4 is 10.0 Å². The van der Waals surface area contributed by atoms with Crippen molar-refractivity contribution in [2.24, 2.45) is 5.41 Å². The second kappa shape index (κ2) is 5.98. The summed E-state index contributed by atoms with van der Waals surface area (Å²) in [7, 11) is -2.07. The summed E-state index contributed by atoms with van der Waals surface area (Å²) in [4.78, 5) is -0.301. The minimum atomic E-state index is -3.82. The van der Waals surface area contributed by atoms with Crippen LogP contribution in [0, 0.1) is 11.2 Å². The first kappa shape index (κ1) is 16.1. The van der Waals surface area contributed by atoms with Crippen LogP contribution in [-0.4, -0.2) is 22.0 Å². The van der Waals surface area contributed by atoms with Crippen LogP contribution >= 0.6 is 0 Å². The van der Waals surface area contributed by atoms with Crippen molar-refractivity contribution in [3.63, 3.8) is 0 Å². The molecule has 0 saturated carbocycles. The Labute approximate surface area is 114 Å². The third kappa shape index (κ3) is 4.89. The van der Waals surface area contributed by atoms with Gasteiger partial charge in [0.2, 0.25) is 10.0 Å². The van der Waals surface area contributed by atoms with Gasteiger partial charge in [0.15, 0.2) is 0 Å². The second-order valence-corrected chi connectivity index (χ2v) is 7.42. The van der Waals surface area contributed by atoms with E-state index in [9.17, 15) is 12.8 Å². The van der Waals surface area contributed by atoms with Gasteiger partial charge in [-0.2, -0.15) is 0 Å². The van der Waals surface area contributed by atoms with Crippen molar-refractivity contribution in [1.82, 2.24) is 10.0 Å². The molecule has 0 amide bonds. The molecule has 1 aromatic rings. The van der Waals surface area contributed by atoms with E-state index in [4.69, 9.17) is 0 Å². The molecule has 6 heteroatoms. The van der Waals surface area contributed by atoms with E-state index in [-0.39, 0.29) is 16.9 Å². The lowest BCUT2D eigenvalue weighted by Crippen LogP contribution is -2.32. The van der Waals surface area contributed by atoms with Gasteiger partial charge in [0.05, 0.1) is 0 Å². The Morgan fingerprint density at radius 1 is 1.26 bits per heavy atom. The third-order valence-corrected chi connectivity index (χ3v) is 3.87. The third-order valence-electron chi connectivity index (χ3n) is 2.46. The molecule has 1 rings (SSSR count). The minimum Gasteiger partial charge on any atom is -0.316 e. The number of rotatable bonds is 5. The smallest absolute Gasteiger partial charge is 0.243 e. The van der Waals surface area contributed by atoms with Crippen LogP contribution in [0.25, 0.3) is 0 Å². The Morgan fingerprint density at radius 2 is 1.89 bits per heavy atom. The fraction of sp³-hybridized carbons (Fsp3) is 0.538. The monoisotopic (exact) mass is 288 g/mol. The van der Waals surface area contributed by atoms with Gasteiger partial charge in [-0.05, 0) is 30.2 Å². The molecule has 0 fully saturated rings. The van der Waals surface area contributed by atoms with Gasteiger partial charge < -0.3 is 5.32 Å². The van der Waals surface area contributed by atoms with Crippen molar-refractivity contribution < 1.29 is 12.8 Å². The molecule has 0 aliphatic rings. The molecule has 0 spiro atoms.